The Morgan fingerprint density at radius 1 is 1.08 bits per heavy atom. The van der Waals surface area contributed by atoms with E-state index < -0.39 is 20.6 Å². The van der Waals surface area contributed by atoms with Gasteiger partial charge in [-0.1, -0.05) is 50.8 Å². The Hall–Kier alpha value is -1.12. The summed E-state index contributed by atoms with van der Waals surface area (Å²) < 4.78 is 7.84. The van der Waals surface area contributed by atoms with E-state index in [-0.39, 0.29) is 25.0 Å². The van der Waals surface area contributed by atoms with Crippen LogP contribution in [0.1, 0.15) is 41.5 Å². The van der Waals surface area contributed by atoms with Crippen molar-refractivity contribution in [1.29, 1.82) is 0 Å². The number of alkyl halides is 2. The molecule has 0 aromatic rings. The third-order valence-electron chi connectivity index (χ3n) is 2.12. The second-order valence-corrected chi connectivity index (χ2v) is 9.86. The first-order valence-electron chi connectivity index (χ1n) is 7.05. The van der Waals surface area contributed by atoms with E-state index in [0.29, 0.717) is 0 Å². The SMILES string of the molecule is CC(C)(Br)C(=O)OCCN=[N+]=[N-].CC(C)C(=O)OC(=O)C(C)(C)Br. The normalized spacial score (nSPS) is 10.9. The third kappa shape index (κ3) is 13.3. The van der Waals surface area contributed by atoms with Crippen LogP contribution in [-0.4, -0.2) is 39.7 Å². The summed E-state index contributed by atoms with van der Waals surface area (Å²) in [6.07, 6.45) is 0. The van der Waals surface area contributed by atoms with Gasteiger partial charge in [-0.2, -0.15) is 0 Å². The first-order chi connectivity index (χ1) is 10.7. The molecule has 0 N–H and O–H groups in total. The first kappa shape index (κ1) is 25.1. The van der Waals surface area contributed by atoms with Gasteiger partial charge in [0.25, 0.3) is 0 Å². The van der Waals surface area contributed by atoms with Crippen LogP contribution in [0.4, 0.5) is 0 Å². The van der Waals surface area contributed by atoms with E-state index in [1.165, 1.54) is 0 Å². The Morgan fingerprint density at radius 3 is 1.88 bits per heavy atom. The van der Waals surface area contributed by atoms with Crippen LogP contribution in [-0.2, 0) is 23.9 Å². The van der Waals surface area contributed by atoms with Gasteiger partial charge in [0.05, 0.1) is 19.1 Å². The predicted molar refractivity (Wildman–Crippen MR) is 96.9 cm³/mol. The zero-order valence-electron chi connectivity index (χ0n) is 14.6. The second kappa shape index (κ2) is 11.4. The number of azide groups is 1. The molecule has 0 spiro atoms. The van der Waals surface area contributed by atoms with E-state index >= 15 is 0 Å². The van der Waals surface area contributed by atoms with Gasteiger partial charge in [0.2, 0.25) is 0 Å². The Kier molecular flexibility index (Phi) is 12.0. The molecule has 0 saturated carbocycles. The van der Waals surface area contributed by atoms with Gasteiger partial charge in [0.1, 0.15) is 8.65 Å². The average Bonchev–Trinajstić information content (AvgIpc) is 2.41. The van der Waals surface area contributed by atoms with Gasteiger partial charge in [-0.3, -0.25) is 14.4 Å². The lowest BCUT2D eigenvalue weighted by Crippen LogP contribution is -2.30. The zero-order valence-corrected chi connectivity index (χ0v) is 17.8. The van der Waals surface area contributed by atoms with E-state index in [1.807, 2.05) is 0 Å². The molecule has 8 nitrogen and oxygen atoms in total. The van der Waals surface area contributed by atoms with Crippen molar-refractivity contribution >= 4 is 49.8 Å². The summed E-state index contributed by atoms with van der Waals surface area (Å²) in [6, 6.07) is 0. The quantitative estimate of drug-likeness (QED) is 0.110. The van der Waals surface area contributed by atoms with Crippen LogP contribution in [0.5, 0.6) is 0 Å². The monoisotopic (exact) mass is 471 g/mol. The molecule has 0 aliphatic carbocycles. The van der Waals surface area contributed by atoms with E-state index in [4.69, 9.17) is 10.3 Å². The number of hydrogen-bond donors (Lipinski definition) is 0. The molecule has 0 rings (SSSR count). The fourth-order valence-electron chi connectivity index (χ4n) is 0.726. The Balaban J connectivity index is 0. The molecular weight excluding hydrogens is 450 g/mol. The largest absolute Gasteiger partial charge is 0.465 e. The Morgan fingerprint density at radius 2 is 1.54 bits per heavy atom. The highest BCUT2D eigenvalue weighted by atomic mass is 79.9. The molecule has 10 heteroatoms. The minimum atomic E-state index is -0.794. The number of ether oxygens (including phenoxy) is 2. The number of hydrogen-bond acceptors (Lipinski definition) is 6. The summed E-state index contributed by atoms with van der Waals surface area (Å²) in [7, 11) is 0. The zero-order chi connectivity index (χ0) is 19.6. The summed E-state index contributed by atoms with van der Waals surface area (Å²) in [5.41, 5.74) is 7.90. The van der Waals surface area contributed by atoms with Gasteiger partial charge in [-0.25, -0.2) is 0 Å². The summed E-state index contributed by atoms with van der Waals surface area (Å²) >= 11 is 6.23. The van der Waals surface area contributed by atoms with Gasteiger partial charge in [-0.05, 0) is 33.2 Å². The van der Waals surface area contributed by atoms with Crippen LogP contribution < -0.4 is 0 Å². The van der Waals surface area contributed by atoms with Gasteiger partial charge in [0, 0.05) is 4.91 Å². The topological polar surface area (TPSA) is 118 Å². The summed E-state index contributed by atoms with van der Waals surface area (Å²) in [5.74, 6) is -1.69. The number of halogens is 2. The molecular formula is C14H23Br2N3O5. The van der Waals surface area contributed by atoms with Crippen molar-refractivity contribution in [3.8, 4) is 0 Å². The molecule has 0 heterocycles. The van der Waals surface area contributed by atoms with Gasteiger partial charge < -0.3 is 9.47 Å². The maximum atomic E-state index is 11.1. The number of esters is 3. The van der Waals surface area contributed by atoms with Gasteiger partial charge in [0.15, 0.2) is 0 Å². The third-order valence-corrected chi connectivity index (χ3v) is 2.77. The molecule has 0 aromatic carbocycles. The maximum Gasteiger partial charge on any atom is 0.329 e. The average molecular weight is 473 g/mol. The Labute approximate surface area is 158 Å². The predicted octanol–water partition coefficient (Wildman–Crippen LogP) is 3.90. The van der Waals surface area contributed by atoms with Crippen molar-refractivity contribution in [2.24, 2.45) is 11.0 Å². The molecule has 0 atom stereocenters. The van der Waals surface area contributed by atoms with Gasteiger partial charge >= 0.3 is 17.9 Å². The van der Waals surface area contributed by atoms with Gasteiger partial charge in [-0.15, -0.1) is 0 Å². The van der Waals surface area contributed by atoms with Crippen LogP contribution >= 0.6 is 31.9 Å². The molecule has 0 aliphatic heterocycles. The highest BCUT2D eigenvalue weighted by Gasteiger charge is 2.28. The number of rotatable bonds is 6. The summed E-state index contributed by atoms with van der Waals surface area (Å²) in [4.78, 5) is 35.6. The number of carbonyl (C=O) groups excluding carboxylic acids is 3. The highest BCUT2D eigenvalue weighted by molar-refractivity contribution is 9.10. The molecule has 0 fully saturated rings. The maximum absolute atomic E-state index is 11.1. The highest BCUT2D eigenvalue weighted by Crippen LogP contribution is 2.18. The molecule has 0 bridgehead atoms. The molecule has 0 unspecified atom stereocenters. The van der Waals surface area contributed by atoms with Crippen LogP contribution in [0.15, 0.2) is 5.11 Å². The Bertz CT molecular complexity index is 490. The lowest BCUT2D eigenvalue weighted by atomic mass is 10.2. The van der Waals surface area contributed by atoms with E-state index in [0.717, 1.165) is 0 Å². The van der Waals surface area contributed by atoms with Crippen LogP contribution in [0.3, 0.4) is 0 Å². The molecule has 0 radical (unpaired) electrons. The molecule has 0 aliphatic rings. The second-order valence-electron chi connectivity index (χ2n) is 5.90. The van der Waals surface area contributed by atoms with Crippen LogP contribution in [0.2, 0.25) is 0 Å². The van der Waals surface area contributed by atoms with Crippen molar-refractivity contribution in [1.82, 2.24) is 0 Å². The summed E-state index contributed by atoms with van der Waals surface area (Å²) in [6.45, 7) is 10.3. The molecule has 0 saturated heterocycles. The minimum absolute atomic E-state index is 0.123. The fourth-order valence-corrected chi connectivity index (χ4v) is 0.921. The minimum Gasteiger partial charge on any atom is -0.465 e. The van der Waals surface area contributed by atoms with Crippen LogP contribution in [0, 0.1) is 5.92 Å². The van der Waals surface area contributed by atoms with Crippen molar-refractivity contribution < 1.29 is 23.9 Å². The first-order valence-corrected chi connectivity index (χ1v) is 8.64. The van der Waals surface area contributed by atoms with E-state index in [1.54, 1.807) is 41.5 Å². The number of carbonyl (C=O) groups is 3. The van der Waals surface area contributed by atoms with Crippen molar-refractivity contribution in [2.75, 3.05) is 13.2 Å². The number of nitrogens with zero attached hydrogens (tertiary/aromatic N) is 3. The van der Waals surface area contributed by atoms with Crippen molar-refractivity contribution in [3.05, 3.63) is 10.4 Å². The lowest BCUT2D eigenvalue weighted by molar-refractivity contribution is -0.163. The van der Waals surface area contributed by atoms with Crippen molar-refractivity contribution in [3.63, 3.8) is 0 Å². The molecule has 0 aromatic heterocycles. The molecule has 138 valence electrons. The molecule has 24 heavy (non-hydrogen) atoms. The fraction of sp³-hybridized carbons (Fsp3) is 0.786. The lowest BCUT2D eigenvalue weighted by Gasteiger charge is -2.14. The van der Waals surface area contributed by atoms with Crippen molar-refractivity contribution in [2.45, 2.75) is 50.2 Å². The smallest absolute Gasteiger partial charge is 0.329 e. The van der Waals surface area contributed by atoms with Crippen LogP contribution in [0.25, 0.3) is 10.4 Å². The summed E-state index contributed by atoms with van der Waals surface area (Å²) in [5, 5.41) is 3.21. The standard InChI is InChI=1S/C8H13BrO3.C6H10BrN3O2/c1-5(2)6(10)12-7(11)8(3,4)9;1-6(2,7)5(11)12-4-3-9-10-8/h5H,1-4H3;3-4H2,1-2H3. The van der Waals surface area contributed by atoms with E-state index in [2.05, 4.69) is 46.6 Å². The van der Waals surface area contributed by atoms with E-state index in [9.17, 15) is 14.4 Å². The molecule has 0 amide bonds.